The third-order valence-corrected chi connectivity index (χ3v) is 2.53. The molecule has 1 N–H and O–H groups in total. The van der Waals surface area contributed by atoms with Gasteiger partial charge in [0.1, 0.15) is 12.4 Å². The van der Waals surface area contributed by atoms with Crippen LogP contribution in [0.5, 0.6) is 5.88 Å². The first kappa shape index (κ1) is 9.40. The molecule has 76 valence electrons. The third-order valence-electron chi connectivity index (χ3n) is 2.53. The molecule has 1 saturated carbocycles. The number of aromatic nitrogens is 2. The SMILES string of the molecule is CNCC1CC(Oc2ccncn2)C1. The van der Waals surface area contributed by atoms with Crippen molar-refractivity contribution < 1.29 is 4.74 Å². The summed E-state index contributed by atoms with van der Waals surface area (Å²) in [6.45, 7) is 1.09. The molecule has 1 aliphatic rings. The lowest BCUT2D eigenvalue weighted by Crippen LogP contribution is -2.38. The lowest BCUT2D eigenvalue weighted by Gasteiger charge is -2.34. The normalized spacial score (nSPS) is 25.5. The molecular weight excluding hydrogens is 178 g/mol. The number of nitrogens with one attached hydrogen (secondary N) is 1. The minimum Gasteiger partial charge on any atom is -0.474 e. The average molecular weight is 193 g/mol. The van der Waals surface area contributed by atoms with Gasteiger partial charge < -0.3 is 10.1 Å². The quantitative estimate of drug-likeness (QED) is 0.770. The van der Waals surface area contributed by atoms with Crippen LogP contribution in [0.25, 0.3) is 0 Å². The molecule has 1 aromatic rings. The molecule has 14 heavy (non-hydrogen) atoms. The molecule has 0 saturated heterocycles. The molecule has 1 fully saturated rings. The first-order valence-corrected chi connectivity index (χ1v) is 4.95. The van der Waals surface area contributed by atoms with Crippen molar-refractivity contribution >= 4 is 0 Å². The van der Waals surface area contributed by atoms with E-state index in [0.717, 1.165) is 25.3 Å². The third kappa shape index (κ3) is 2.20. The largest absolute Gasteiger partial charge is 0.474 e. The highest BCUT2D eigenvalue weighted by Crippen LogP contribution is 2.29. The predicted molar refractivity (Wildman–Crippen MR) is 53.1 cm³/mol. The van der Waals surface area contributed by atoms with Crippen LogP contribution in [-0.2, 0) is 0 Å². The summed E-state index contributed by atoms with van der Waals surface area (Å²) in [4.78, 5) is 7.86. The van der Waals surface area contributed by atoms with E-state index in [-0.39, 0.29) is 0 Å². The first-order chi connectivity index (χ1) is 6.88. The molecule has 0 unspecified atom stereocenters. The lowest BCUT2D eigenvalue weighted by molar-refractivity contribution is 0.0615. The van der Waals surface area contributed by atoms with Gasteiger partial charge in [0.15, 0.2) is 0 Å². The van der Waals surface area contributed by atoms with Gasteiger partial charge in [-0.3, -0.25) is 0 Å². The number of hydrogen-bond acceptors (Lipinski definition) is 4. The van der Waals surface area contributed by atoms with Crippen molar-refractivity contribution in [2.45, 2.75) is 18.9 Å². The van der Waals surface area contributed by atoms with E-state index in [1.165, 1.54) is 6.33 Å². The Hall–Kier alpha value is -1.16. The van der Waals surface area contributed by atoms with Crippen LogP contribution in [0.3, 0.4) is 0 Å². The fraction of sp³-hybridized carbons (Fsp3) is 0.600. The maximum atomic E-state index is 5.65. The van der Waals surface area contributed by atoms with Crippen molar-refractivity contribution in [3.05, 3.63) is 18.6 Å². The Morgan fingerprint density at radius 3 is 3.07 bits per heavy atom. The second-order valence-electron chi connectivity index (χ2n) is 3.68. The van der Waals surface area contributed by atoms with E-state index in [2.05, 4.69) is 15.3 Å². The van der Waals surface area contributed by atoms with Crippen LogP contribution in [0.15, 0.2) is 18.6 Å². The van der Waals surface area contributed by atoms with Gasteiger partial charge >= 0.3 is 0 Å². The van der Waals surface area contributed by atoms with E-state index in [4.69, 9.17) is 4.74 Å². The zero-order valence-electron chi connectivity index (χ0n) is 8.31. The van der Waals surface area contributed by atoms with Crippen LogP contribution in [0.2, 0.25) is 0 Å². The molecule has 1 heterocycles. The summed E-state index contributed by atoms with van der Waals surface area (Å²) >= 11 is 0. The molecule has 0 amide bonds. The molecule has 0 spiro atoms. The molecule has 0 aliphatic heterocycles. The van der Waals surface area contributed by atoms with Crippen LogP contribution < -0.4 is 10.1 Å². The molecule has 1 aliphatic carbocycles. The highest BCUT2D eigenvalue weighted by atomic mass is 16.5. The Bertz CT molecular complexity index is 272. The minimum atomic E-state index is 0.350. The van der Waals surface area contributed by atoms with Crippen LogP contribution in [0.1, 0.15) is 12.8 Å². The van der Waals surface area contributed by atoms with Gasteiger partial charge in [-0.15, -0.1) is 0 Å². The summed E-state index contributed by atoms with van der Waals surface area (Å²) in [7, 11) is 1.98. The number of nitrogens with zero attached hydrogens (tertiary/aromatic N) is 2. The Labute approximate surface area is 83.7 Å². The summed E-state index contributed by atoms with van der Waals surface area (Å²) in [6, 6.07) is 1.80. The smallest absolute Gasteiger partial charge is 0.216 e. The maximum Gasteiger partial charge on any atom is 0.216 e. The fourth-order valence-electron chi connectivity index (χ4n) is 1.75. The zero-order chi connectivity index (χ0) is 9.80. The van der Waals surface area contributed by atoms with Gasteiger partial charge in [-0.25, -0.2) is 9.97 Å². The number of rotatable bonds is 4. The van der Waals surface area contributed by atoms with E-state index >= 15 is 0 Å². The molecule has 4 heteroatoms. The van der Waals surface area contributed by atoms with Gasteiger partial charge in [-0.05, 0) is 32.4 Å². The standard InChI is InChI=1S/C10H15N3O/c1-11-6-8-4-9(5-8)14-10-2-3-12-7-13-10/h2-3,7-9,11H,4-6H2,1H3. The highest BCUT2D eigenvalue weighted by molar-refractivity contribution is 5.06. The van der Waals surface area contributed by atoms with Crippen molar-refractivity contribution in [2.75, 3.05) is 13.6 Å². The van der Waals surface area contributed by atoms with Crippen LogP contribution in [0, 0.1) is 5.92 Å². The fourth-order valence-corrected chi connectivity index (χ4v) is 1.75. The Balaban J connectivity index is 1.74. The summed E-state index contributed by atoms with van der Waals surface area (Å²) in [6.07, 6.45) is 5.82. The predicted octanol–water partition coefficient (Wildman–Crippen LogP) is 0.853. The van der Waals surface area contributed by atoms with Gasteiger partial charge in [0.25, 0.3) is 0 Å². The second-order valence-corrected chi connectivity index (χ2v) is 3.68. The Morgan fingerprint density at radius 1 is 1.57 bits per heavy atom. The molecule has 4 nitrogen and oxygen atoms in total. The van der Waals surface area contributed by atoms with Gasteiger partial charge in [0, 0.05) is 12.3 Å². The number of hydrogen-bond donors (Lipinski definition) is 1. The van der Waals surface area contributed by atoms with Crippen molar-refractivity contribution in [1.29, 1.82) is 0 Å². The van der Waals surface area contributed by atoms with Gasteiger partial charge in [0.2, 0.25) is 5.88 Å². The Kier molecular flexibility index (Phi) is 2.93. The molecule has 0 atom stereocenters. The van der Waals surface area contributed by atoms with E-state index in [1.807, 2.05) is 7.05 Å². The van der Waals surface area contributed by atoms with E-state index in [0.29, 0.717) is 12.0 Å². The monoisotopic (exact) mass is 193 g/mol. The zero-order valence-corrected chi connectivity index (χ0v) is 8.31. The highest BCUT2D eigenvalue weighted by Gasteiger charge is 2.30. The summed E-state index contributed by atoms with van der Waals surface area (Å²) in [5.41, 5.74) is 0. The van der Waals surface area contributed by atoms with Crippen molar-refractivity contribution in [2.24, 2.45) is 5.92 Å². The molecular formula is C10H15N3O. The average Bonchev–Trinajstić information content (AvgIpc) is 2.16. The molecule has 1 aromatic heterocycles. The maximum absolute atomic E-state index is 5.65. The van der Waals surface area contributed by atoms with Crippen LogP contribution in [-0.4, -0.2) is 29.7 Å². The van der Waals surface area contributed by atoms with Crippen molar-refractivity contribution in [3.63, 3.8) is 0 Å². The van der Waals surface area contributed by atoms with Crippen LogP contribution in [0.4, 0.5) is 0 Å². The second kappa shape index (κ2) is 4.37. The lowest BCUT2D eigenvalue weighted by atomic mass is 9.82. The summed E-state index contributed by atoms with van der Waals surface area (Å²) in [5.74, 6) is 1.46. The Morgan fingerprint density at radius 2 is 2.43 bits per heavy atom. The molecule has 2 rings (SSSR count). The summed E-state index contributed by atoms with van der Waals surface area (Å²) in [5, 5.41) is 3.17. The minimum absolute atomic E-state index is 0.350. The molecule has 0 radical (unpaired) electrons. The van der Waals surface area contributed by atoms with E-state index < -0.39 is 0 Å². The van der Waals surface area contributed by atoms with Gasteiger partial charge in [-0.1, -0.05) is 0 Å². The summed E-state index contributed by atoms with van der Waals surface area (Å²) < 4.78 is 5.65. The topological polar surface area (TPSA) is 47.0 Å². The van der Waals surface area contributed by atoms with E-state index in [9.17, 15) is 0 Å². The van der Waals surface area contributed by atoms with Crippen molar-refractivity contribution in [1.82, 2.24) is 15.3 Å². The molecule has 0 aromatic carbocycles. The molecule has 0 bridgehead atoms. The number of ether oxygens (including phenoxy) is 1. The van der Waals surface area contributed by atoms with E-state index in [1.54, 1.807) is 12.3 Å². The van der Waals surface area contributed by atoms with Crippen LogP contribution >= 0.6 is 0 Å². The van der Waals surface area contributed by atoms with Gasteiger partial charge in [-0.2, -0.15) is 0 Å². The first-order valence-electron chi connectivity index (χ1n) is 4.95. The van der Waals surface area contributed by atoms with Crippen molar-refractivity contribution in [3.8, 4) is 5.88 Å². The van der Waals surface area contributed by atoms with Gasteiger partial charge in [0.05, 0.1) is 0 Å².